The molecule has 0 bridgehead atoms. The SMILES string of the molecule is Cc1ccc2c3c(c4ccccc4c2c1)C[CH]3. The Bertz CT molecular complexity index is 751. The minimum absolute atomic E-state index is 1.12. The number of fused-ring (bicyclic) bond motifs is 6. The summed E-state index contributed by atoms with van der Waals surface area (Å²) in [7, 11) is 0. The Morgan fingerprint density at radius 2 is 1.65 bits per heavy atom. The van der Waals surface area contributed by atoms with Crippen molar-refractivity contribution in [1.29, 1.82) is 0 Å². The first-order valence-corrected chi connectivity index (χ1v) is 6.12. The Balaban J connectivity index is 2.33. The molecule has 1 radical (unpaired) electrons. The molecule has 0 atom stereocenters. The summed E-state index contributed by atoms with van der Waals surface area (Å²) in [5.74, 6) is 0. The molecule has 0 heterocycles. The molecule has 0 saturated carbocycles. The number of aryl methyl sites for hydroxylation is 1. The zero-order valence-corrected chi connectivity index (χ0v) is 9.83. The highest BCUT2D eigenvalue weighted by atomic mass is 14.2. The van der Waals surface area contributed by atoms with Gasteiger partial charge in [-0.3, -0.25) is 0 Å². The Kier molecular flexibility index (Phi) is 1.69. The molecule has 1 aliphatic rings. The van der Waals surface area contributed by atoms with Crippen LogP contribution in [0, 0.1) is 13.3 Å². The smallest absolute Gasteiger partial charge is 0.00397 e. The molecule has 17 heavy (non-hydrogen) atoms. The van der Waals surface area contributed by atoms with Crippen LogP contribution in [0.5, 0.6) is 0 Å². The molecule has 0 nitrogen and oxygen atoms in total. The van der Waals surface area contributed by atoms with Gasteiger partial charge in [-0.1, -0.05) is 48.0 Å². The number of rotatable bonds is 0. The first-order chi connectivity index (χ1) is 8.34. The van der Waals surface area contributed by atoms with E-state index in [1.165, 1.54) is 38.2 Å². The fourth-order valence-electron chi connectivity index (χ4n) is 2.93. The van der Waals surface area contributed by atoms with Crippen molar-refractivity contribution in [3.05, 3.63) is 65.6 Å². The van der Waals surface area contributed by atoms with E-state index in [0.29, 0.717) is 0 Å². The van der Waals surface area contributed by atoms with E-state index in [-0.39, 0.29) is 0 Å². The van der Waals surface area contributed by atoms with Crippen LogP contribution in [0.25, 0.3) is 21.5 Å². The quantitative estimate of drug-likeness (QED) is 0.489. The first-order valence-electron chi connectivity index (χ1n) is 6.12. The summed E-state index contributed by atoms with van der Waals surface area (Å²) >= 11 is 0. The summed E-state index contributed by atoms with van der Waals surface area (Å²) in [5, 5.41) is 5.65. The van der Waals surface area contributed by atoms with E-state index in [2.05, 4.69) is 55.8 Å². The van der Waals surface area contributed by atoms with Gasteiger partial charge in [-0.2, -0.15) is 0 Å². The second-order valence-corrected chi connectivity index (χ2v) is 4.90. The van der Waals surface area contributed by atoms with E-state index >= 15 is 0 Å². The Hall–Kier alpha value is -1.82. The van der Waals surface area contributed by atoms with Gasteiger partial charge in [0, 0.05) is 0 Å². The van der Waals surface area contributed by atoms with E-state index in [4.69, 9.17) is 0 Å². The van der Waals surface area contributed by atoms with Crippen LogP contribution in [0.3, 0.4) is 0 Å². The highest BCUT2D eigenvalue weighted by Gasteiger charge is 2.20. The Morgan fingerprint density at radius 1 is 0.824 bits per heavy atom. The molecule has 0 saturated heterocycles. The largest absolute Gasteiger partial charge is 0.0616 e. The van der Waals surface area contributed by atoms with Gasteiger partial charge in [0.1, 0.15) is 0 Å². The second kappa shape index (κ2) is 3.10. The van der Waals surface area contributed by atoms with Gasteiger partial charge in [0.15, 0.2) is 0 Å². The molecule has 0 heteroatoms. The highest BCUT2D eigenvalue weighted by molar-refractivity contribution is 6.12. The molecule has 0 fully saturated rings. The summed E-state index contributed by atoms with van der Waals surface area (Å²) in [5.41, 5.74) is 4.32. The van der Waals surface area contributed by atoms with Crippen LogP contribution in [0.15, 0.2) is 42.5 Å². The maximum atomic E-state index is 2.35. The third-order valence-corrected chi connectivity index (χ3v) is 3.84. The minimum Gasteiger partial charge on any atom is -0.0616 e. The number of hydrogen-bond donors (Lipinski definition) is 0. The van der Waals surface area contributed by atoms with Crippen LogP contribution >= 0.6 is 0 Å². The molecule has 0 aliphatic heterocycles. The third kappa shape index (κ3) is 1.13. The maximum Gasteiger partial charge on any atom is -0.00397 e. The normalized spacial score (nSPS) is 13.7. The molecule has 0 N–H and O–H groups in total. The van der Waals surface area contributed by atoms with Gasteiger partial charge in [-0.05, 0) is 52.4 Å². The predicted molar refractivity (Wildman–Crippen MR) is 73.3 cm³/mol. The fraction of sp³-hybridized carbons (Fsp3) is 0.118. The second-order valence-electron chi connectivity index (χ2n) is 4.90. The van der Waals surface area contributed by atoms with Crippen molar-refractivity contribution in [2.24, 2.45) is 0 Å². The van der Waals surface area contributed by atoms with E-state index in [9.17, 15) is 0 Å². The van der Waals surface area contributed by atoms with E-state index < -0.39 is 0 Å². The van der Waals surface area contributed by atoms with Gasteiger partial charge in [-0.25, -0.2) is 0 Å². The Labute approximate surface area is 101 Å². The molecular formula is C17H13. The lowest BCUT2D eigenvalue weighted by Crippen LogP contribution is -2.07. The molecule has 0 amide bonds. The summed E-state index contributed by atoms with van der Waals surface area (Å²) < 4.78 is 0. The van der Waals surface area contributed by atoms with E-state index in [1.54, 1.807) is 0 Å². The average Bonchev–Trinajstić information content (AvgIpc) is 2.30. The van der Waals surface area contributed by atoms with Crippen molar-refractivity contribution in [2.75, 3.05) is 0 Å². The Morgan fingerprint density at radius 3 is 2.41 bits per heavy atom. The van der Waals surface area contributed by atoms with Crippen molar-refractivity contribution in [2.45, 2.75) is 13.3 Å². The van der Waals surface area contributed by atoms with Crippen molar-refractivity contribution < 1.29 is 0 Å². The fourth-order valence-corrected chi connectivity index (χ4v) is 2.93. The van der Waals surface area contributed by atoms with Crippen LogP contribution in [0.4, 0.5) is 0 Å². The lowest BCUT2D eigenvalue weighted by Gasteiger charge is -2.24. The zero-order valence-electron chi connectivity index (χ0n) is 9.83. The molecule has 3 aromatic carbocycles. The van der Waals surface area contributed by atoms with Crippen molar-refractivity contribution in [1.82, 2.24) is 0 Å². The predicted octanol–water partition coefficient (Wildman–Crippen LogP) is 4.41. The number of benzene rings is 3. The third-order valence-electron chi connectivity index (χ3n) is 3.84. The van der Waals surface area contributed by atoms with Crippen LogP contribution < -0.4 is 0 Å². The van der Waals surface area contributed by atoms with Crippen LogP contribution in [0.2, 0.25) is 0 Å². The lowest BCUT2D eigenvalue weighted by atomic mass is 9.80. The summed E-state index contributed by atoms with van der Waals surface area (Å²) in [6, 6.07) is 15.6. The summed E-state index contributed by atoms with van der Waals surface area (Å²) in [6.45, 7) is 2.16. The summed E-state index contributed by atoms with van der Waals surface area (Å²) in [6.07, 6.45) is 3.47. The van der Waals surface area contributed by atoms with Gasteiger partial charge in [0.2, 0.25) is 0 Å². The molecule has 4 rings (SSSR count). The minimum atomic E-state index is 1.12. The van der Waals surface area contributed by atoms with Gasteiger partial charge >= 0.3 is 0 Å². The standard InChI is InChI=1S/C17H13/c1-11-6-7-16-15-9-8-14(15)12-4-2-3-5-13(12)17(16)10-11/h2-7,9-10H,8H2,1H3. The van der Waals surface area contributed by atoms with Gasteiger partial charge < -0.3 is 0 Å². The highest BCUT2D eigenvalue weighted by Crippen LogP contribution is 2.40. The van der Waals surface area contributed by atoms with Crippen molar-refractivity contribution in [3.8, 4) is 0 Å². The molecule has 0 aromatic heterocycles. The maximum absolute atomic E-state index is 2.35. The van der Waals surface area contributed by atoms with E-state index in [0.717, 1.165) is 6.42 Å². The lowest BCUT2D eigenvalue weighted by molar-refractivity contribution is 1.07. The summed E-state index contributed by atoms with van der Waals surface area (Å²) in [4.78, 5) is 0. The molecular weight excluding hydrogens is 204 g/mol. The average molecular weight is 217 g/mol. The molecule has 1 aliphatic carbocycles. The van der Waals surface area contributed by atoms with Gasteiger partial charge in [0.05, 0.1) is 0 Å². The monoisotopic (exact) mass is 217 g/mol. The van der Waals surface area contributed by atoms with Crippen LogP contribution in [0.1, 0.15) is 16.7 Å². The number of hydrogen-bond acceptors (Lipinski definition) is 0. The topological polar surface area (TPSA) is 0 Å². The van der Waals surface area contributed by atoms with Crippen LogP contribution in [-0.4, -0.2) is 0 Å². The van der Waals surface area contributed by atoms with Gasteiger partial charge in [0.25, 0.3) is 0 Å². The van der Waals surface area contributed by atoms with Gasteiger partial charge in [-0.15, -0.1) is 0 Å². The van der Waals surface area contributed by atoms with E-state index in [1.807, 2.05) is 0 Å². The first kappa shape index (κ1) is 9.23. The van der Waals surface area contributed by atoms with Crippen molar-refractivity contribution >= 4 is 21.5 Å². The molecule has 3 aromatic rings. The van der Waals surface area contributed by atoms with Crippen LogP contribution in [-0.2, 0) is 6.42 Å². The van der Waals surface area contributed by atoms with Crippen molar-refractivity contribution in [3.63, 3.8) is 0 Å². The molecule has 0 spiro atoms. The zero-order chi connectivity index (χ0) is 11.4. The molecule has 81 valence electrons. The molecule has 0 unspecified atom stereocenters.